The molecular weight excluding hydrogens is 410 g/mol. The first kappa shape index (κ1) is 20.0. The number of fused-ring (bicyclic) bond motifs is 1. The maximum absolute atomic E-state index is 9.40. The Morgan fingerprint density at radius 3 is 2.68 bits per heavy atom. The van der Waals surface area contributed by atoms with Gasteiger partial charge >= 0.3 is 0 Å². The van der Waals surface area contributed by atoms with Crippen molar-refractivity contribution in [1.82, 2.24) is 19.9 Å². The molecule has 5 rings (SSSR count). The van der Waals surface area contributed by atoms with E-state index in [4.69, 9.17) is 9.72 Å². The van der Waals surface area contributed by atoms with E-state index in [2.05, 4.69) is 20.2 Å². The zero-order valence-corrected chi connectivity index (χ0v) is 18.0. The second-order valence-electron chi connectivity index (χ2n) is 7.61. The van der Waals surface area contributed by atoms with E-state index in [1.807, 2.05) is 48.7 Å². The van der Waals surface area contributed by atoms with Crippen LogP contribution in [0.25, 0.3) is 21.6 Å². The zero-order valence-electron chi connectivity index (χ0n) is 17.2. The molecule has 4 aromatic rings. The quantitative estimate of drug-likeness (QED) is 0.380. The predicted molar refractivity (Wildman–Crippen MR) is 124 cm³/mol. The largest absolute Gasteiger partial charge is 0.492 e. The second-order valence-corrected chi connectivity index (χ2v) is 8.77. The van der Waals surface area contributed by atoms with Gasteiger partial charge in [-0.1, -0.05) is 0 Å². The molecule has 1 aromatic carbocycles. The fourth-order valence-corrected chi connectivity index (χ4v) is 4.71. The number of ether oxygens (including phenoxy) is 1. The molecule has 0 atom stereocenters. The third-order valence-corrected chi connectivity index (χ3v) is 6.53. The molecule has 0 saturated carbocycles. The average molecular weight is 436 g/mol. The highest BCUT2D eigenvalue weighted by Gasteiger charge is 2.13. The molecule has 4 heterocycles. The number of nitrogens with zero attached hydrogens (tertiary/aromatic N) is 3. The second kappa shape index (κ2) is 9.05. The van der Waals surface area contributed by atoms with Crippen LogP contribution in [-0.2, 0) is 6.61 Å². The van der Waals surface area contributed by atoms with E-state index in [1.165, 1.54) is 37.3 Å². The van der Waals surface area contributed by atoms with E-state index in [-0.39, 0.29) is 6.61 Å². The van der Waals surface area contributed by atoms with Crippen LogP contribution >= 0.6 is 11.3 Å². The molecule has 1 fully saturated rings. The molecule has 0 aliphatic carbocycles. The Morgan fingerprint density at radius 1 is 1.06 bits per heavy atom. The van der Waals surface area contributed by atoms with E-state index in [9.17, 15) is 5.11 Å². The molecule has 1 aliphatic rings. The molecule has 3 N–H and O–H groups in total. The Hall–Kier alpha value is -2.94. The van der Waals surface area contributed by atoms with Crippen LogP contribution in [0, 0.1) is 0 Å². The molecule has 31 heavy (non-hydrogen) atoms. The maximum atomic E-state index is 9.40. The van der Waals surface area contributed by atoms with Gasteiger partial charge in [-0.3, -0.25) is 4.90 Å². The number of rotatable bonds is 8. The summed E-state index contributed by atoms with van der Waals surface area (Å²) in [5.74, 6) is 1.38. The number of H-pyrrole nitrogens is 1. The van der Waals surface area contributed by atoms with Gasteiger partial charge in [0.15, 0.2) is 0 Å². The average Bonchev–Trinajstić information content (AvgIpc) is 3.56. The van der Waals surface area contributed by atoms with Gasteiger partial charge in [0, 0.05) is 28.7 Å². The first-order valence-corrected chi connectivity index (χ1v) is 11.4. The van der Waals surface area contributed by atoms with Gasteiger partial charge in [-0.05, 0) is 68.4 Å². The Balaban J connectivity index is 1.29. The number of aliphatic hydroxyl groups is 1. The van der Waals surface area contributed by atoms with Crippen molar-refractivity contribution in [3.63, 3.8) is 0 Å². The van der Waals surface area contributed by atoms with Gasteiger partial charge in [0.2, 0.25) is 5.95 Å². The predicted octanol–water partition coefficient (Wildman–Crippen LogP) is 4.40. The molecule has 8 heteroatoms. The number of aromatic amines is 1. The lowest BCUT2D eigenvalue weighted by Gasteiger charge is -2.15. The van der Waals surface area contributed by atoms with Crippen molar-refractivity contribution in [3.05, 3.63) is 53.5 Å². The van der Waals surface area contributed by atoms with E-state index in [0.29, 0.717) is 12.6 Å². The number of likely N-dealkylation sites (tertiary alicyclic amines) is 1. The SMILES string of the molecule is OCc1ccc(-c2nc(Nc3ccc(OCCN4CCCC4)cc3)nc3[nH]ccc23)s1. The van der Waals surface area contributed by atoms with Crippen molar-refractivity contribution < 1.29 is 9.84 Å². The number of aromatic nitrogens is 3. The smallest absolute Gasteiger partial charge is 0.229 e. The first-order chi connectivity index (χ1) is 15.3. The fourth-order valence-electron chi connectivity index (χ4n) is 3.84. The summed E-state index contributed by atoms with van der Waals surface area (Å²) in [6, 6.07) is 13.8. The summed E-state index contributed by atoms with van der Waals surface area (Å²) in [6.45, 7) is 4.09. The lowest BCUT2D eigenvalue weighted by atomic mass is 10.2. The highest BCUT2D eigenvalue weighted by Crippen LogP contribution is 2.33. The van der Waals surface area contributed by atoms with Crippen LogP contribution in [0.15, 0.2) is 48.7 Å². The summed E-state index contributed by atoms with van der Waals surface area (Å²) in [5.41, 5.74) is 2.51. The molecular formula is C23H25N5O2S. The maximum Gasteiger partial charge on any atom is 0.229 e. The first-order valence-electron chi connectivity index (χ1n) is 10.6. The third-order valence-electron chi connectivity index (χ3n) is 5.45. The number of nitrogens with one attached hydrogen (secondary N) is 2. The number of benzene rings is 1. The van der Waals surface area contributed by atoms with Crippen molar-refractivity contribution in [2.45, 2.75) is 19.4 Å². The van der Waals surface area contributed by atoms with E-state index in [0.717, 1.165) is 44.5 Å². The number of aliphatic hydroxyl groups excluding tert-OH is 1. The third kappa shape index (κ3) is 4.56. The standard InChI is InChI=1S/C23H25N5O2S/c29-15-18-7-8-20(31-18)21-19-9-10-24-22(19)27-23(26-21)25-16-3-5-17(6-4-16)30-14-13-28-11-1-2-12-28/h3-10,29H,1-2,11-15H2,(H2,24,25,26,27). The molecule has 0 unspecified atom stereocenters. The summed E-state index contributed by atoms with van der Waals surface area (Å²) in [7, 11) is 0. The minimum atomic E-state index is 0.0313. The van der Waals surface area contributed by atoms with Crippen LogP contribution in [0.4, 0.5) is 11.6 Å². The van der Waals surface area contributed by atoms with Crippen molar-refractivity contribution in [2.24, 2.45) is 0 Å². The van der Waals surface area contributed by atoms with Gasteiger partial charge in [-0.2, -0.15) is 4.98 Å². The van der Waals surface area contributed by atoms with Gasteiger partial charge < -0.3 is 20.1 Å². The topological polar surface area (TPSA) is 86.3 Å². The van der Waals surface area contributed by atoms with Crippen molar-refractivity contribution in [3.8, 4) is 16.3 Å². The van der Waals surface area contributed by atoms with E-state index in [1.54, 1.807) is 0 Å². The lowest BCUT2D eigenvalue weighted by molar-refractivity contribution is 0.238. The zero-order chi connectivity index (χ0) is 21.0. The summed E-state index contributed by atoms with van der Waals surface area (Å²) in [6.07, 6.45) is 4.46. The molecule has 1 aliphatic heterocycles. The van der Waals surface area contributed by atoms with Gasteiger partial charge in [-0.15, -0.1) is 11.3 Å². The van der Waals surface area contributed by atoms with Gasteiger partial charge in [0.25, 0.3) is 0 Å². The van der Waals surface area contributed by atoms with Gasteiger partial charge in [0.1, 0.15) is 18.0 Å². The lowest BCUT2D eigenvalue weighted by Crippen LogP contribution is -2.25. The number of hydrogen-bond donors (Lipinski definition) is 3. The highest BCUT2D eigenvalue weighted by atomic mass is 32.1. The Kier molecular flexibility index (Phi) is 5.84. The van der Waals surface area contributed by atoms with Crippen molar-refractivity contribution in [2.75, 3.05) is 31.6 Å². The van der Waals surface area contributed by atoms with Crippen LogP contribution in [0.5, 0.6) is 5.75 Å². The monoisotopic (exact) mass is 435 g/mol. The summed E-state index contributed by atoms with van der Waals surface area (Å²) < 4.78 is 5.89. The highest BCUT2D eigenvalue weighted by molar-refractivity contribution is 7.15. The Labute approximate surface area is 184 Å². The summed E-state index contributed by atoms with van der Waals surface area (Å²) >= 11 is 1.54. The van der Waals surface area contributed by atoms with Gasteiger partial charge in [0.05, 0.1) is 17.2 Å². The molecule has 0 radical (unpaired) electrons. The normalized spacial score (nSPS) is 14.4. The van der Waals surface area contributed by atoms with Crippen molar-refractivity contribution in [1.29, 1.82) is 0 Å². The minimum Gasteiger partial charge on any atom is -0.492 e. The summed E-state index contributed by atoms with van der Waals surface area (Å²) in [4.78, 5) is 16.9. The minimum absolute atomic E-state index is 0.0313. The number of hydrogen-bond acceptors (Lipinski definition) is 7. The van der Waals surface area contributed by atoms with Crippen LogP contribution < -0.4 is 10.1 Å². The van der Waals surface area contributed by atoms with Crippen molar-refractivity contribution >= 4 is 34.0 Å². The number of anilines is 2. The molecule has 0 bridgehead atoms. The fraction of sp³-hybridized carbons (Fsp3) is 0.304. The molecule has 0 spiro atoms. The molecule has 160 valence electrons. The van der Waals surface area contributed by atoms with Gasteiger partial charge in [-0.25, -0.2) is 4.98 Å². The molecule has 3 aromatic heterocycles. The van der Waals surface area contributed by atoms with Crippen LogP contribution in [0.2, 0.25) is 0 Å². The molecule has 7 nitrogen and oxygen atoms in total. The Bertz CT molecular complexity index is 1150. The van der Waals surface area contributed by atoms with Crippen LogP contribution in [0.1, 0.15) is 17.7 Å². The molecule has 0 amide bonds. The molecule has 1 saturated heterocycles. The number of thiophene rings is 1. The van der Waals surface area contributed by atoms with E-state index < -0.39 is 0 Å². The van der Waals surface area contributed by atoms with Crippen LogP contribution in [0.3, 0.4) is 0 Å². The van der Waals surface area contributed by atoms with Crippen LogP contribution in [-0.4, -0.2) is 51.2 Å². The van der Waals surface area contributed by atoms with E-state index >= 15 is 0 Å². The Morgan fingerprint density at radius 2 is 1.90 bits per heavy atom. The summed E-state index contributed by atoms with van der Waals surface area (Å²) in [5, 5.41) is 13.6.